The number of sulfonamides is 1. The summed E-state index contributed by atoms with van der Waals surface area (Å²) in [5.74, 6) is 2.87. The largest absolute Gasteiger partial charge is 0.316 e. The number of fused-ring (bicyclic) bond motifs is 2. The topological polar surface area (TPSA) is 58.2 Å². The van der Waals surface area contributed by atoms with Crippen LogP contribution in [0.15, 0.2) is 0 Å². The zero-order valence-corrected chi connectivity index (χ0v) is 11.4. The van der Waals surface area contributed by atoms with Gasteiger partial charge in [0, 0.05) is 6.54 Å². The fourth-order valence-electron chi connectivity index (χ4n) is 3.38. The third-order valence-corrected chi connectivity index (χ3v) is 4.91. The molecule has 2 rings (SSSR count). The van der Waals surface area contributed by atoms with Crippen molar-refractivity contribution in [2.24, 2.45) is 17.8 Å². The van der Waals surface area contributed by atoms with Crippen LogP contribution in [0.4, 0.5) is 0 Å². The summed E-state index contributed by atoms with van der Waals surface area (Å²) in [6, 6.07) is 0. The van der Waals surface area contributed by atoms with E-state index < -0.39 is 10.0 Å². The molecule has 0 aromatic heterocycles. The molecule has 0 aromatic rings. The van der Waals surface area contributed by atoms with Gasteiger partial charge in [-0.2, -0.15) is 0 Å². The molecule has 0 aliphatic heterocycles. The molecule has 4 nitrogen and oxygen atoms in total. The standard InChI is InChI=1S/C12H24N2O2S/c1-17(15,16)14-6-2-5-13-9-12-8-10-3-4-11(12)7-10/h10-14H,2-9H2,1H3. The van der Waals surface area contributed by atoms with Crippen molar-refractivity contribution in [3.05, 3.63) is 0 Å². The highest BCUT2D eigenvalue weighted by Gasteiger charge is 2.38. The van der Waals surface area contributed by atoms with Gasteiger partial charge in [-0.3, -0.25) is 0 Å². The molecule has 2 fully saturated rings. The molecule has 2 aliphatic carbocycles. The highest BCUT2D eigenvalue weighted by Crippen LogP contribution is 2.47. The second kappa shape index (κ2) is 5.67. The molecule has 2 saturated carbocycles. The average molecular weight is 260 g/mol. The van der Waals surface area contributed by atoms with Gasteiger partial charge in [0.15, 0.2) is 0 Å². The lowest BCUT2D eigenvalue weighted by Crippen LogP contribution is -2.30. The molecule has 0 amide bonds. The number of hydrogen-bond donors (Lipinski definition) is 2. The Morgan fingerprint density at radius 1 is 1.18 bits per heavy atom. The van der Waals surface area contributed by atoms with Gasteiger partial charge in [0.25, 0.3) is 0 Å². The van der Waals surface area contributed by atoms with Crippen LogP contribution in [0.2, 0.25) is 0 Å². The molecule has 0 saturated heterocycles. The van der Waals surface area contributed by atoms with Crippen LogP contribution in [0.1, 0.15) is 32.1 Å². The molecule has 3 atom stereocenters. The van der Waals surface area contributed by atoms with Gasteiger partial charge < -0.3 is 5.32 Å². The van der Waals surface area contributed by atoms with Crippen LogP contribution in [0, 0.1) is 17.8 Å². The van der Waals surface area contributed by atoms with Gasteiger partial charge in [0.2, 0.25) is 10.0 Å². The van der Waals surface area contributed by atoms with Crippen LogP contribution >= 0.6 is 0 Å². The summed E-state index contributed by atoms with van der Waals surface area (Å²) < 4.78 is 24.2. The van der Waals surface area contributed by atoms with E-state index in [4.69, 9.17) is 0 Å². The summed E-state index contributed by atoms with van der Waals surface area (Å²) in [4.78, 5) is 0. The van der Waals surface area contributed by atoms with Gasteiger partial charge in [-0.05, 0) is 56.5 Å². The minimum absolute atomic E-state index is 0.544. The molecule has 2 N–H and O–H groups in total. The average Bonchev–Trinajstić information content (AvgIpc) is 2.83. The molecule has 100 valence electrons. The lowest BCUT2D eigenvalue weighted by Gasteiger charge is -2.21. The Balaban J connectivity index is 1.50. The van der Waals surface area contributed by atoms with Crippen molar-refractivity contribution in [1.82, 2.24) is 10.0 Å². The van der Waals surface area contributed by atoms with Crippen molar-refractivity contribution in [3.8, 4) is 0 Å². The summed E-state index contributed by atoms with van der Waals surface area (Å²) in [5, 5.41) is 3.46. The van der Waals surface area contributed by atoms with E-state index in [0.717, 1.165) is 37.3 Å². The Labute approximate surface area is 105 Å². The van der Waals surface area contributed by atoms with E-state index in [0.29, 0.717) is 6.54 Å². The fraction of sp³-hybridized carbons (Fsp3) is 1.00. The van der Waals surface area contributed by atoms with Crippen molar-refractivity contribution in [3.63, 3.8) is 0 Å². The summed E-state index contributed by atoms with van der Waals surface area (Å²) >= 11 is 0. The van der Waals surface area contributed by atoms with E-state index in [1.165, 1.54) is 31.9 Å². The molecule has 17 heavy (non-hydrogen) atoms. The molecule has 2 aliphatic rings. The molecule has 3 unspecified atom stereocenters. The first-order valence-corrected chi connectivity index (χ1v) is 8.59. The Kier molecular flexibility index (Phi) is 4.44. The van der Waals surface area contributed by atoms with Crippen LogP contribution in [-0.4, -0.2) is 34.3 Å². The molecule has 2 bridgehead atoms. The first-order valence-electron chi connectivity index (χ1n) is 6.70. The highest BCUT2D eigenvalue weighted by molar-refractivity contribution is 7.88. The van der Waals surface area contributed by atoms with Crippen molar-refractivity contribution >= 4 is 10.0 Å². The predicted molar refractivity (Wildman–Crippen MR) is 69.3 cm³/mol. The van der Waals surface area contributed by atoms with Crippen molar-refractivity contribution < 1.29 is 8.42 Å². The predicted octanol–water partition coefficient (Wildman–Crippen LogP) is 0.951. The maximum Gasteiger partial charge on any atom is 0.208 e. The van der Waals surface area contributed by atoms with Gasteiger partial charge in [0.05, 0.1) is 6.26 Å². The minimum atomic E-state index is -3.01. The minimum Gasteiger partial charge on any atom is -0.316 e. The lowest BCUT2D eigenvalue weighted by molar-refractivity contribution is 0.319. The second-order valence-corrected chi connectivity index (χ2v) is 7.49. The Morgan fingerprint density at radius 3 is 2.59 bits per heavy atom. The molecule has 5 heteroatoms. The summed E-state index contributed by atoms with van der Waals surface area (Å²) in [7, 11) is -3.01. The molecular weight excluding hydrogens is 236 g/mol. The van der Waals surface area contributed by atoms with Gasteiger partial charge >= 0.3 is 0 Å². The monoisotopic (exact) mass is 260 g/mol. The van der Waals surface area contributed by atoms with E-state index in [1.807, 2.05) is 0 Å². The third-order valence-electron chi connectivity index (χ3n) is 4.19. The quantitative estimate of drug-likeness (QED) is 0.670. The third kappa shape index (κ3) is 4.23. The van der Waals surface area contributed by atoms with E-state index >= 15 is 0 Å². The maximum atomic E-state index is 10.8. The normalized spacial score (nSPS) is 32.2. The number of nitrogens with one attached hydrogen (secondary N) is 2. The maximum absolute atomic E-state index is 10.8. The van der Waals surface area contributed by atoms with Gasteiger partial charge in [-0.15, -0.1) is 0 Å². The first kappa shape index (κ1) is 13.3. The Hall–Kier alpha value is -0.130. The van der Waals surface area contributed by atoms with Gasteiger partial charge in [-0.1, -0.05) is 6.42 Å². The molecule has 0 radical (unpaired) electrons. The number of rotatable bonds is 7. The molecule has 0 aromatic carbocycles. The highest BCUT2D eigenvalue weighted by atomic mass is 32.2. The zero-order valence-electron chi connectivity index (χ0n) is 10.6. The smallest absolute Gasteiger partial charge is 0.208 e. The molecule has 0 heterocycles. The van der Waals surface area contributed by atoms with Crippen LogP contribution in [0.5, 0.6) is 0 Å². The first-order chi connectivity index (χ1) is 8.04. The van der Waals surface area contributed by atoms with E-state index in [2.05, 4.69) is 10.0 Å². The summed E-state index contributed by atoms with van der Waals surface area (Å²) in [5.41, 5.74) is 0. The summed E-state index contributed by atoms with van der Waals surface area (Å²) in [6.45, 7) is 2.58. The van der Waals surface area contributed by atoms with Crippen LogP contribution < -0.4 is 10.0 Å². The van der Waals surface area contributed by atoms with Gasteiger partial charge in [-0.25, -0.2) is 13.1 Å². The van der Waals surface area contributed by atoms with Crippen molar-refractivity contribution in [1.29, 1.82) is 0 Å². The zero-order chi connectivity index (χ0) is 12.3. The van der Waals surface area contributed by atoms with E-state index in [1.54, 1.807) is 0 Å². The second-order valence-electron chi connectivity index (χ2n) is 5.66. The van der Waals surface area contributed by atoms with Crippen LogP contribution in [0.3, 0.4) is 0 Å². The van der Waals surface area contributed by atoms with E-state index in [9.17, 15) is 8.42 Å². The van der Waals surface area contributed by atoms with Crippen molar-refractivity contribution in [2.75, 3.05) is 25.9 Å². The van der Waals surface area contributed by atoms with Crippen LogP contribution in [-0.2, 0) is 10.0 Å². The number of hydrogen-bond acceptors (Lipinski definition) is 3. The SMILES string of the molecule is CS(=O)(=O)NCCCNCC1CC2CCC1C2. The lowest BCUT2D eigenvalue weighted by atomic mass is 9.89. The Morgan fingerprint density at radius 2 is 2.00 bits per heavy atom. The fourth-order valence-corrected chi connectivity index (χ4v) is 3.90. The van der Waals surface area contributed by atoms with Crippen molar-refractivity contribution in [2.45, 2.75) is 32.1 Å². The van der Waals surface area contributed by atoms with Gasteiger partial charge in [0.1, 0.15) is 0 Å². The van der Waals surface area contributed by atoms with E-state index in [-0.39, 0.29) is 0 Å². The van der Waals surface area contributed by atoms with Crippen LogP contribution in [0.25, 0.3) is 0 Å². The molecular formula is C12H24N2O2S. The summed E-state index contributed by atoms with van der Waals surface area (Å²) in [6.07, 6.45) is 7.84. The Bertz CT molecular complexity index is 342. The molecule has 0 spiro atoms.